The molecule has 0 aromatic heterocycles. The minimum Gasteiger partial charge on any atom is -0.0810 e. The first kappa shape index (κ1) is 11.1. The van der Waals surface area contributed by atoms with Gasteiger partial charge in [-0.1, -0.05) is 58.7 Å². The Kier molecular flexibility index (Phi) is 8.21. The minimum absolute atomic E-state index is 1.02. The third-order valence-electron chi connectivity index (χ3n) is 2.51. The van der Waals surface area contributed by atoms with E-state index >= 15 is 0 Å². The molecule has 0 N–H and O–H groups in total. The van der Waals surface area contributed by atoms with Crippen LogP contribution in [0.1, 0.15) is 52.4 Å². The lowest BCUT2D eigenvalue weighted by atomic mass is 9.90. The van der Waals surface area contributed by atoms with Crippen molar-refractivity contribution in [3.8, 4) is 0 Å². The predicted octanol–water partition coefficient (Wildman–Crippen LogP) is 3.03. The van der Waals surface area contributed by atoms with Crippen LogP contribution in [0.25, 0.3) is 0 Å². The van der Waals surface area contributed by atoms with E-state index < -0.39 is 0 Å². The zero-order chi connectivity index (χ0) is 8.53. The first-order valence-electron chi connectivity index (χ1n) is 5.35. The van der Waals surface area contributed by atoms with Gasteiger partial charge >= 0.3 is 0 Å². The molecule has 1 atom stereocenters. The number of hydrogen-bond acceptors (Lipinski definition) is 0. The van der Waals surface area contributed by atoms with Crippen LogP contribution in [0, 0.1) is 5.92 Å². The molecular weight excluding hydrogens is 131 g/mol. The molecule has 0 spiro atoms. The van der Waals surface area contributed by atoms with E-state index in [0.29, 0.717) is 0 Å². The van der Waals surface area contributed by atoms with Crippen LogP contribution in [0.5, 0.6) is 0 Å². The first-order chi connectivity index (χ1) is 5.35. The van der Waals surface area contributed by atoms with Crippen molar-refractivity contribution in [2.24, 2.45) is 5.92 Å². The average Bonchev–Trinajstić information content (AvgIpc) is 2.05. The van der Waals surface area contributed by atoms with Crippen LogP contribution in [0.15, 0.2) is 0 Å². The number of hydrogen-bond donors (Lipinski definition) is 0. The lowest BCUT2D eigenvalue weighted by Gasteiger charge is -2.12. The molecule has 0 aliphatic carbocycles. The standard InChI is InChI=1S/C10H23B/c1-3-5-7-10(4-2)8-6-9-11/h10H,3-9,11H2,1-2H3/t10-/m0/s1. The van der Waals surface area contributed by atoms with E-state index in [-0.39, 0.29) is 0 Å². The third-order valence-corrected chi connectivity index (χ3v) is 2.51. The van der Waals surface area contributed by atoms with Crippen LogP contribution in [-0.2, 0) is 0 Å². The summed E-state index contributed by atoms with van der Waals surface area (Å²) < 4.78 is 0. The third kappa shape index (κ3) is 6.46. The maximum Gasteiger partial charge on any atom is 0.101 e. The topological polar surface area (TPSA) is 0 Å². The van der Waals surface area contributed by atoms with Gasteiger partial charge in [0, 0.05) is 0 Å². The average molecular weight is 154 g/mol. The Balaban J connectivity index is 3.25. The van der Waals surface area contributed by atoms with Crippen LogP contribution in [0.3, 0.4) is 0 Å². The first-order valence-corrected chi connectivity index (χ1v) is 5.35. The second-order valence-electron chi connectivity index (χ2n) is 3.56. The molecule has 0 heterocycles. The molecule has 66 valence electrons. The summed E-state index contributed by atoms with van der Waals surface area (Å²) in [5.41, 5.74) is 0. The molecular formula is C10H23B. The van der Waals surface area contributed by atoms with E-state index in [1.165, 1.54) is 44.8 Å². The molecule has 0 bridgehead atoms. The molecule has 0 unspecified atom stereocenters. The van der Waals surface area contributed by atoms with Gasteiger partial charge in [0.1, 0.15) is 7.85 Å². The van der Waals surface area contributed by atoms with Crippen LogP contribution >= 0.6 is 0 Å². The van der Waals surface area contributed by atoms with E-state index in [1.807, 2.05) is 0 Å². The van der Waals surface area contributed by atoms with E-state index in [2.05, 4.69) is 21.7 Å². The summed E-state index contributed by atoms with van der Waals surface area (Å²) in [5, 5.41) is 0. The van der Waals surface area contributed by atoms with Gasteiger partial charge in [0.25, 0.3) is 0 Å². The summed E-state index contributed by atoms with van der Waals surface area (Å²) in [6.07, 6.45) is 9.91. The summed E-state index contributed by atoms with van der Waals surface area (Å²) in [5.74, 6) is 1.02. The van der Waals surface area contributed by atoms with Crippen molar-refractivity contribution >= 4 is 7.85 Å². The predicted molar refractivity (Wildman–Crippen MR) is 55.9 cm³/mol. The van der Waals surface area contributed by atoms with E-state index in [1.54, 1.807) is 0 Å². The maximum absolute atomic E-state index is 2.33. The van der Waals surface area contributed by atoms with Gasteiger partial charge in [-0.05, 0) is 5.92 Å². The summed E-state index contributed by atoms with van der Waals surface area (Å²) in [6.45, 7) is 4.61. The van der Waals surface area contributed by atoms with E-state index in [0.717, 1.165) is 5.92 Å². The van der Waals surface area contributed by atoms with Crippen LogP contribution < -0.4 is 0 Å². The smallest absolute Gasteiger partial charge is 0.0810 e. The van der Waals surface area contributed by atoms with Gasteiger partial charge in [-0.25, -0.2) is 0 Å². The Morgan fingerprint density at radius 3 is 2.18 bits per heavy atom. The molecule has 0 fully saturated rings. The Bertz CT molecular complexity index is 63.3. The summed E-state index contributed by atoms with van der Waals surface area (Å²) in [7, 11) is 2.28. The van der Waals surface area contributed by atoms with Crippen molar-refractivity contribution in [3.63, 3.8) is 0 Å². The van der Waals surface area contributed by atoms with Crippen molar-refractivity contribution in [1.82, 2.24) is 0 Å². The minimum atomic E-state index is 1.02. The van der Waals surface area contributed by atoms with Crippen molar-refractivity contribution < 1.29 is 0 Å². The Hall–Kier alpha value is 0.0649. The van der Waals surface area contributed by atoms with Crippen LogP contribution in [0.4, 0.5) is 0 Å². The zero-order valence-corrected chi connectivity index (χ0v) is 8.53. The molecule has 0 saturated heterocycles. The quantitative estimate of drug-likeness (QED) is 0.494. The van der Waals surface area contributed by atoms with Gasteiger partial charge in [0.05, 0.1) is 0 Å². The molecule has 0 radical (unpaired) electrons. The largest absolute Gasteiger partial charge is 0.101 e. The molecule has 11 heavy (non-hydrogen) atoms. The highest BCUT2D eigenvalue weighted by Crippen LogP contribution is 2.18. The van der Waals surface area contributed by atoms with Gasteiger partial charge in [0.2, 0.25) is 0 Å². The monoisotopic (exact) mass is 154 g/mol. The maximum atomic E-state index is 2.33. The van der Waals surface area contributed by atoms with Gasteiger partial charge in [-0.15, -0.1) is 0 Å². The lowest BCUT2D eigenvalue weighted by Crippen LogP contribution is -1.98. The number of unbranched alkanes of at least 4 members (excludes halogenated alkanes) is 1. The van der Waals surface area contributed by atoms with Crippen LogP contribution in [0.2, 0.25) is 6.32 Å². The fraction of sp³-hybridized carbons (Fsp3) is 1.00. The van der Waals surface area contributed by atoms with Gasteiger partial charge < -0.3 is 0 Å². The molecule has 0 aromatic carbocycles. The fourth-order valence-electron chi connectivity index (χ4n) is 1.54. The SMILES string of the molecule is BCCC[C@@H](CC)CCCC. The van der Waals surface area contributed by atoms with E-state index in [4.69, 9.17) is 0 Å². The molecule has 0 rings (SSSR count). The zero-order valence-electron chi connectivity index (χ0n) is 8.53. The van der Waals surface area contributed by atoms with Gasteiger partial charge in [-0.3, -0.25) is 0 Å². The van der Waals surface area contributed by atoms with Crippen LogP contribution in [-0.4, -0.2) is 7.85 Å². The fourth-order valence-corrected chi connectivity index (χ4v) is 1.54. The van der Waals surface area contributed by atoms with Crippen molar-refractivity contribution in [3.05, 3.63) is 0 Å². The highest BCUT2D eigenvalue weighted by atomic mass is 14.1. The Morgan fingerprint density at radius 2 is 1.73 bits per heavy atom. The molecule has 0 saturated carbocycles. The summed E-state index contributed by atoms with van der Waals surface area (Å²) in [4.78, 5) is 0. The Morgan fingerprint density at radius 1 is 1.09 bits per heavy atom. The molecule has 0 aliphatic heterocycles. The molecule has 0 nitrogen and oxygen atoms in total. The lowest BCUT2D eigenvalue weighted by molar-refractivity contribution is 0.417. The number of rotatable bonds is 7. The molecule has 0 amide bonds. The van der Waals surface area contributed by atoms with Crippen molar-refractivity contribution in [2.45, 2.75) is 58.7 Å². The van der Waals surface area contributed by atoms with Crippen molar-refractivity contribution in [1.29, 1.82) is 0 Å². The molecule has 0 aliphatic rings. The van der Waals surface area contributed by atoms with E-state index in [9.17, 15) is 0 Å². The highest BCUT2D eigenvalue weighted by Gasteiger charge is 2.03. The van der Waals surface area contributed by atoms with Crippen molar-refractivity contribution in [2.75, 3.05) is 0 Å². The van der Waals surface area contributed by atoms with Gasteiger partial charge in [-0.2, -0.15) is 0 Å². The summed E-state index contributed by atoms with van der Waals surface area (Å²) >= 11 is 0. The highest BCUT2D eigenvalue weighted by molar-refractivity contribution is 6.08. The molecule has 1 heteroatoms. The molecule has 0 aromatic rings. The second kappa shape index (κ2) is 8.16. The second-order valence-corrected chi connectivity index (χ2v) is 3.56. The summed E-state index contributed by atoms with van der Waals surface area (Å²) in [6, 6.07) is 0. The van der Waals surface area contributed by atoms with Gasteiger partial charge in [0.15, 0.2) is 0 Å². The normalized spacial score (nSPS) is 13.3. The Labute approximate surface area is 73.2 Å².